The summed E-state index contributed by atoms with van der Waals surface area (Å²) in [7, 11) is 0. The van der Waals surface area contributed by atoms with Crippen molar-refractivity contribution < 1.29 is 9.53 Å². The third-order valence-electron chi connectivity index (χ3n) is 3.92. The van der Waals surface area contributed by atoms with Crippen LogP contribution >= 0.6 is 39.0 Å². The largest absolute Gasteiger partial charge is 0.462 e. The highest BCUT2D eigenvalue weighted by Crippen LogP contribution is 2.31. The molecular formula is C19H15BrN4O2S2. The van der Waals surface area contributed by atoms with Gasteiger partial charge in [-0.15, -0.1) is 21.5 Å². The quantitative estimate of drug-likeness (QED) is 0.395. The number of hydrogen-bond acceptors (Lipinski definition) is 7. The van der Waals surface area contributed by atoms with Gasteiger partial charge in [0, 0.05) is 10.2 Å². The Bertz CT molecular complexity index is 1070. The van der Waals surface area contributed by atoms with Gasteiger partial charge in [0.25, 0.3) is 0 Å². The number of aromatic nitrogens is 3. The van der Waals surface area contributed by atoms with Crippen LogP contribution < -0.4 is 0 Å². The van der Waals surface area contributed by atoms with E-state index >= 15 is 0 Å². The maximum Gasteiger partial charge on any atom is 0.340 e. The van der Waals surface area contributed by atoms with Crippen LogP contribution in [0.1, 0.15) is 12.5 Å². The molecule has 9 heteroatoms. The van der Waals surface area contributed by atoms with E-state index in [-0.39, 0.29) is 0 Å². The number of carbonyl (C=O) groups excluding carboxylic acids is 1. The van der Waals surface area contributed by atoms with Gasteiger partial charge in [-0.05, 0) is 36.1 Å². The lowest BCUT2D eigenvalue weighted by Crippen LogP contribution is -2.21. The maximum absolute atomic E-state index is 12.7. The number of nitrogens with zero attached hydrogens (tertiary/aromatic N) is 4. The number of thiophene rings is 1. The summed E-state index contributed by atoms with van der Waals surface area (Å²) in [5.74, 6) is 0.781. The number of halogens is 1. The second-order valence-electron chi connectivity index (χ2n) is 5.73. The predicted molar refractivity (Wildman–Crippen MR) is 116 cm³/mol. The molecule has 0 amide bonds. The molecule has 1 aromatic carbocycles. The molecule has 6 nitrogen and oxygen atoms in total. The van der Waals surface area contributed by atoms with Crippen molar-refractivity contribution >= 4 is 56.8 Å². The first-order valence-corrected chi connectivity index (χ1v) is 11.2. The highest BCUT2D eigenvalue weighted by Gasteiger charge is 2.26. The van der Waals surface area contributed by atoms with Gasteiger partial charge in [-0.3, -0.25) is 0 Å². The van der Waals surface area contributed by atoms with Crippen molar-refractivity contribution in [3.8, 4) is 10.7 Å². The fourth-order valence-corrected chi connectivity index (χ4v) is 4.56. The third kappa shape index (κ3) is 3.82. The summed E-state index contributed by atoms with van der Waals surface area (Å²) < 4.78 is 7.88. The molecular weight excluding hydrogens is 460 g/mol. The molecule has 0 aliphatic carbocycles. The van der Waals surface area contributed by atoms with Crippen LogP contribution in [0.15, 0.2) is 62.1 Å². The molecule has 0 unspecified atom stereocenters. The van der Waals surface area contributed by atoms with Gasteiger partial charge < -0.3 is 4.74 Å². The van der Waals surface area contributed by atoms with Crippen LogP contribution in [0, 0.1) is 0 Å². The van der Waals surface area contributed by atoms with Gasteiger partial charge in [-0.25, -0.2) is 4.79 Å². The zero-order valence-electron chi connectivity index (χ0n) is 14.8. The Morgan fingerprint density at radius 2 is 2.14 bits per heavy atom. The Balaban J connectivity index is 1.80. The molecule has 2 aromatic heterocycles. The van der Waals surface area contributed by atoms with Gasteiger partial charge >= 0.3 is 5.97 Å². The summed E-state index contributed by atoms with van der Waals surface area (Å²) in [6.45, 7) is 2.09. The first-order chi connectivity index (χ1) is 13.7. The average molecular weight is 475 g/mol. The molecule has 0 bridgehead atoms. The predicted octanol–water partition coefficient (Wildman–Crippen LogP) is 4.73. The van der Waals surface area contributed by atoms with Gasteiger partial charge in [-0.1, -0.05) is 52.0 Å². The Hall–Kier alpha value is -2.23. The highest BCUT2D eigenvalue weighted by molar-refractivity contribution is 9.10. The highest BCUT2D eigenvalue weighted by atomic mass is 79.9. The fraction of sp³-hybridized carbons (Fsp3) is 0.158. The number of ether oxygens (including phenoxy) is 1. The number of esters is 1. The van der Waals surface area contributed by atoms with E-state index in [2.05, 4.69) is 26.1 Å². The molecule has 3 aromatic rings. The molecule has 0 atom stereocenters. The second-order valence-corrected chi connectivity index (χ2v) is 8.48. The standard InChI is InChI=1S/C19H15BrN4O2S2/c1-2-26-18(25)13(10-12-6-3-4-7-14(12)20)15-11-28-19-22-21-17(24(19)23-15)16-8-5-9-27-16/h3-10H,2,11H2,1H3/b13-10-. The SMILES string of the molecule is CCOC(=O)/C(=C\c1ccccc1Br)C1=Nn2c(nnc2-c2cccs2)SC1. The average Bonchev–Trinajstić information content (AvgIpc) is 3.36. The molecule has 0 saturated heterocycles. The second kappa shape index (κ2) is 8.42. The minimum Gasteiger partial charge on any atom is -0.462 e. The van der Waals surface area contributed by atoms with Crippen molar-refractivity contribution in [1.82, 2.24) is 14.9 Å². The third-order valence-corrected chi connectivity index (χ3v) is 6.44. The number of thioether (sulfide) groups is 1. The zero-order valence-corrected chi connectivity index (χ0v) is 18.1. The topological polar surface area (TPSA) is 69.4 Å². The summed E-state index contributed by atoms with van der Waals surface area (Å²) in [5, 5.41) is 15.9. The van der Waals surface area contributed by atoms with Crippen molar-refractivity contribution in [3.05, 3.63) is 57.4 Å². The number of fused-ring (bicyclic) bond motifs is 1. The van der Waals surface area contributed by atoms with Crippen molar-refractivity contribution in [1.29, 1.82) is 0 Å². The molecule has 0 radical (unpaired) electrons. The smallest absolute Gasteiger partial charge is 0.340 e. The van der Waals surface area contributed by atoms with E-state index < -0.39 is 5.97 Å². The lowest BCUT2D eigenvalue weighted by Gasteiger charge is -2.15. The van der Waals surface area contributed by atoms with E-state index in [4.69, 9.17) is 9.84 Å². The van der Waals surface area contributed by atoms with Gasteiger partial charge in [0.2, 0.25) is 5.16 Å². The van der Waals surface area contributed by atoms with E-state index in [1.165, 1.54) is 11.8 Å². The molecule has 28 heavy (non-hydrogen) atoms. The first-order valence-electron chi connectivity index (χ1n) is 8.51. The first kappa shape index (κ1) is 19.1. The van der Waals surface area contributed by atoms with Crippen molar-refractivity contribution in [2.75, 3.05) is 12.4 Å². The molecule has 1 aliphatic heterocycles. The lowest BCUT2D eigenvalue weighted by atomic mass is 10.1. The van der Waals surface area contributed by atoms with Gasteiger partial charge in [0.15, 0.2) is 5.82 Å². The summed E-state index contributed by atoms with van der Waals surface area (Å²) in [5.41, 5.74) is 1.94. The Labute approximate surface area is 178 Å². The molecule has 1 aliphatic rings. The number of carbonyl (C=O) groups is 1. The Morgan fingerprint density at radius 1 is 1.29 bits per heavy atom. The van der Waals surface area contributed by atoms with Crippen molar-refractivity contribution in [2.45, 2.75) is 12.1 Å². The van der Waals surface area contributed by atoms with Crippen LogP contribution in [0.4, 0.5) is 0 Å². The molecule has 4 rings (SSSR count). The van der Waals surface area contributed by atoms with E-state index in [0.717, 1.165) is 14.9 Å². The summed E-state index contributed by atoms with van der Waals surface area (Å²) in [4.78, 5) is 13.7. The van der Waals surface area contributed by atoms with Gasteiger partial charge in [0.05, 0.1) is 22.8 Å². The van der Waals surface area contributed by atoms with E-state index in [0.29, 0.717) is 34.6 Å². The van der Waals surface area contributed by atoms with E-state index in [1.807, 2.05) is 47.9 Å². The van der Waals surface area contributed by atoms with Crippen molar-refractivity contribution in [3.63, 3.8) is 0 Å². The van der Waals surface area contributed by atoms with Crippen LogP contribution in [0.3, 0.4) is 0 Å². The summed E-state index contributed by atoms with van der Waals surface area (Å²) in [6.07, 6.45) is 1.81. The fourth-order valence-electron chi connectivity index (χ4n) is 2.64. The molecule has 0 saturated carbocycles. The minimum absolute atomic E-state index is 0.297. The molecule has 0 N–H and O–H groups in total. The monoisotopic (exact) mass is 474 g/mol. The molecule has 142 valence electrons. The minimum atomic E-state index is -0.396. The Kier molecular flexibility index (Phi) is 5.74. The van der Waals surface area contributed by atoms with Crippen LogP contribution in [0.5, 0.6) is 0 Å². The number of hydrogen-bond donors (Lipinski definition) is 0. The molecule has 3 heterocycles. The lowest BCUT2D eigenvalue weighted by molar-refractivity contribution is -0.137. The van der Waals surface area contributed by atoms with Crippen LogP contribution in [-0.2, 0) is 9.53 Å². The Morgan fingerprint density at radius 3 is 2.89 bits per heavy atom. The summed E-state index contributed by atoms with van der Waals surface area (Å²) in [6, 6.07) is 11.6. The van der Waals surface area contributed by atoms with Gasteiger partial charge in [-0.2, -0.15) is 9.78 Å². The van der Waals surface area contributed by atoms with Crippen LogP contribution in [-0.4, -0.2) is 38.9 Å². The number of rotatable bonds is 5. The number of benzene rings is 1. The van der Waals surface area contributed by atoms with Crippen LogP contribution in [0.25, 0.3) is 16.8 Å². The zero-order chi connectivity index (χ0) is 19.5. The molecule has 0 fully saturated rings. The van der Waals surface area contributed by atoms with Gasteiger partial charge in [0.1, 0.15) is 0 Å². The van der Waals surface area contributed by atoms with E-state index in [1.54, 1.807) is 22.9 Å². The van der Waals surface area contributed by atoms with E-state index in [9.17, 15) is 4.79 Å². The summed E-state index contributed by atoms with van der Waals surface area (Å²) >= 11 is 6.59. The van der Waals surface area contributed by atoms with Crippen LogP contribution in [0.2, 0.25) is 0 Å². The van der Waals surface area contributed by atoms with Crippen molar-refractivity contribution in [2.24, 2.45) is 5.10 Å². The normalized spacial score (nSPS) is 13.8. The maximum atomic E-state index is 12.7. The molecule has 0 spiro atoms.